The van der Waals surface area contributed by atoms with Gasteiger partial charge < -0.3 is 0 Å². The van der Waals surface area contributed by atoms with Gasteiger partial charge in [-0.3, -0.25) is 4.79 Å². The molecule has 0 fully saturated rings. The van der Waals surface area contributed by atoms with Crippen molar-refractivity contribution in [1.29, 1.82) is 5.26 Å². The number of allylic oxidation sites excluding steroid dienone is 1. The predicted octanol–water partition coefficient (Wildman–Crippen LogP) is 2.85. The van der Waals surface area contributed by atoms with Crippen molar-refractivity contribution in [3.05, 3.63) is 12.7 Å². The van der Waals surface area contributed by atoms with E-state index in [4.69, 9.17) is 5.26 Å². The van der Waals surface area contributed by atoms with E-state index in [-0.39, 0.29) is 5.78 Å². The van der Waals surface area contributed by atoms with Crippen LogP contribution in [0.1, 0.15) is 39.5 Å². The molecule has 0 radical (unpaired) electrons. The molecule has 0 aliphatic rings. The highest BCUT2D eigenvalue weighted by molar-refractivity contribution is 5.79. The first-order valence-electron chi connectivity index (χ1n) is 4.64. The Kier molecular flexibility index (Phi) is 5.06. The Morgan fingerprint density at radius 2 is 2.31 bits per heavy atom. The topological polar surface area (TPSA) is 40.9 Å². The van der Waals surface area contributed by atoms with Crippen LogP contribution in [0.5, 0.6) is 0 Å². The van der Waals surface area contributed by atoms with Crippen molar-refractivity contribution in [2.45, 2.75) is 39.5 Å². The number of nitriles is 1. The van der Waals surface area contributed by atoms with E-state index in [0.717, 1.165) is 12.8 Å². The first-order chi connectivity index (χ1) is 6.08. The number of rotatable bonds is 6. The summed E-state index contributed by atoms with van der Waals surface area (Å²) in [7, 11) is 0. The predicted molar refractivity (Wildman–Crippen MR) is 53.1 cm³/mol. The van der Waals surface area contributed by atoms with Crippen LogP contribution in [-0.4, -0.2) is 5.78 Å². The molecule has 72 valence electrons. The van der Waals surface area contributed by atoms with Crippen molar-refractivity contribution in [3.8, 4) is 6.07 Å². The Balaban J connectivity index is 4.04. The summed E-state index contributed by atoms with van der Waals surface area (Å²) >= 11 is 0. The molecule has 1 unspecified atom stereocenters. The summed E-state index contributed by atoms with van der Waals surface area (Å²) in [5.41, 5.74) is -0.676. The second-order valence-corrected chi connectivity index (χ2v) is 3.55. The van der Waals surface area contributed by atoms with Crippen molar-refractivity contribution in [3.63, 3.8) is 0 Å². The normalized spacial score (nSPS) is 14.2. The first kappa shape index (κ1) is 11.9. The fourth-order valence-electron chi connectivity index (χ4n) is 1.03. The van der Waals surface area contributed by atoms with E-state index in [1.54, 1.807) is 13.0 Å². The number of carbonyl (C=O) groups is 1. The van der Waals surface area contributed by atoms with Crippen LogP contribution in [0.25, 0.3) is 0 Å². The van der Waals surface area contributed by atoms with Gasteiger partial charge in [0.15, 0.2) is 0 Å². The third kappa shape index (κ3) is 4.47. The van der Waals surface area contributed by atoms with Gasteiger partial charge in [0.25, 0.3) is 0 Å². The molecule has 0 saturated carbocycles. The Morgan fingerprint density at radius 3 is 2.69 bits per heavy atom. The molecule has 0 rings (SSSR count). The largest absolute Gasteiger partial charge is 0.300 e. The maximum atomic E-state index is 11.3. The Labute approximate surface area is 80.3 Å². The SMILES string of the molecule is C=CC(C)(C#N)CC(=O)CCCC. The van der Waals surface area contributed by atoms with Gasteiger partial charge in [-0.15, -0.1) is 6.58 Å². The molecule has 0 heterocycles. The van der Waals surface area contributed by atoms with E-state index in [9.17, 15) is 4.79 Å². The maximum Gasteiger partial charge on any atom is 0.134 e. The van der Waals surface area contributed by atoms with Crippen LogP contribution in [0.2, 0.25) is 0 Å². The van der Waals surface area contributed by atoms with Crippen LogP contribution in [-0.2, 0) is 4.79 Å². The third-order valence-electron chi connectivity index (χ3n) is 2.08. The third-order valence-corrected chi connectivity index (χ3v) is 2.08. The quantitative estimate of drug-likeness (QED) is 0.588. The van der Waals surface area contributed by atoms with Crippen molar-refractivity contribution in [2.24, 2.45) is 5.41 Å². The summed E-state index contributed by atoms with van der Waals surface area (Å²) in [6, 6.07) is 2.10. The average molecular weight is 179 g/mol. The molecule has 0 N–H and O–H groups in total. The minimum Gasteiger partial charge on any atom is -0.300 e. The molecule has 1 atom stereocenters. The van der Waals surface area contributed by atoms with Crippen LogP contribution >= 0.6 is 0 Å². The molecule has 0 spiro atoms. The zero-order valence-corrected chi connectivity index (χ0v) is 8.47. The Hall–Kier alpha value is -1.10. The van der Waals surface area contributed by atoms with Gasteiger partial charge in [-0.1, -0.05) is 19.4 Å². The number of hydrogen-bond acceptors (Lipinski definition) is 2. The van der Waals surface area contributed by atoms with Crippen molar-refractivity contribution >= 4 is 5.78 Å². The lowest BCUT2D eigenvalue weighted by Gasteiger charge is -2.14. The highest BCUT2D eigenvalue weighted by Gasteiger charge is 2.22. The number of carbonyl (C=O) groups excluding carboxylic acids is 1. The molecular weight excluding hydrogens is 162 g/mol. The van der Waals surface area contributed by atoms with E-state index < -0.39 is 5.41 Å². The zero-order valence-electron chi connectivity index (χ0n) is 8.47. The lowest BCUT2D eigenvalue weighted by molar-refractivity contribution is -0.120. The lowest BCUT2D eigenvalue weighted by atomic mass is 9.86. The standard InChI is InChI=1S/C11H17NO/c1-4-6-7-10(13)8-11(3,5-2)9-12/h5H,2,4,6-8H2,1,3H3. The average Bonchev–Trinajstić information content (AvgIpc) is 2.14. The smallest absolute Gasteiger partial charge is 0.134 e. The van der Waals surface area contributed by atoms with Gasteiger partial charge in [-0.25, -0.2) is 0 Å². The van der Waals surface area contributed by atoms with Crippen molar-refractivity contribution in [1.82, 2.24) is 0 Å². The van der Waals surface area contributed by atoms with Gasteiger partial charge in [0.1, 0.15) is 5.78 Å². The molecule has 2 heteroatoms. The monoisotopic (exact) mass is 179 g/mol. The fraction of sp³-hybridized carbons (Fsp3) is 0.636. The maximum absolute atomic E-state index is 11.3. The molecule has 0 aromatic heterocycles. The van der Waals surface area contributed by atoms with Crippen LogP contribution in [0.15, 0.2) is 12.7 Å². The molecule has 0 aliphatic carbocycles. The van der Waals surface area contributed by atoms with Crippen LogP contribution in [0.4, 0.5) is 0 Å². The highest BCUT2D eigenvalue weighted by atomic mass is 16.1. The molecule has 0 amide bonds. The van der Waals surface area contributed by atoms with Gasteiger partial charge in [0, 0.05) is 12.8 Å². The molecule has 0 aliphatic heterocycles. The first-order valence-corrected chi connectivity index (χ1v) is 4.64. The Morgan fingerprint density at radius 1 is 1.69 bits per heavy atom. The molecule has 13 heavy (non-hydrogen) atoms. The van der Waals surface area contributed by atoms with E-state index in [0.29, 0.717) is 12.8 Å². The minimum absolute atomic E-state index is 0.158. The molecule has 2 nitrogen and oxygen atoms in total. The van der Waals surface area contributed by atoms with E-state index in [1.807, 2.05) is 6.92 Å². The highest BCUT2D eigenvalue weighted by Crippen LogP contribution is 2.22. The van der Waals surface area contributed by atoms with E-state index >= 15 is 0 Å². The summed E-state index contributed by atoms with van der Waals surface area (Å²) in [5.74, 6) is 0.158. The number of unbranched alkanes of at least 4 members (excludes halogenated alkanes) is 1. The zero-order chi connectivity index (χ0) is 10.3. The summed E-state index contributed by atoms with van der Waals surface area (Å²) in [5, 5.41) is 8.79. The number of nitrogens with zero attached hydrogens (tertiary/aromatic N) is 1. The van der Waals surface area contributed by atoms with E-state index in [1.165, 1.54) is 0 Å². The van der Waals surface area contributed by atoms with Crippen molar-refractivity contribution in [2.75, 3.05) is 0 Å². The molecule has 0 aromatic carbocycles. The van der Waals surface area contributed by atoms with E-state index in [2.05, 4.69) is 12.6 Å². The molecular formula is C11H17NO. The molecule has 0 saturated heterocycles. The molecule has 0 bridgehead atoms. The van der Waals surface area contributed by atoms with Gasteiger partial charge in [-0.2, -0.15) is 5.26 Å². The Bertz CT molecular complexity index is 227. The lowest BCUT2D eigenvalue weighted by Crippen LogP contribution is -2.15. The second-order valence-electron chi connectivity index (χ2n) is 3.55. The fourth-order valence-corrected chi connectivity index (χ4v) is 1.03. The van der Waals surface area contributed by atoms with Crippen molar-refractivity contribution < 1.29 is 4.79 Å². The van der Waals surface area contributed by atoms with Gasteiger partial charge in [-0.05, 0) is 13.3 Å². The van der Waals surface area contributed by atoms with Gasteiger partial charge >= 0.3 is 0 Å². The van der Waals surface area contributed by atoms with Crippen LogP contribution in [0, 0.1) is 16.7 Å². The van der Waals surface area contributed by atoms with Crippen LogP contribution in [0.3, 0.4) is 0 Å². The minimum atomic E-state index is -0.676. The second kappa shape index (κ2) is 5.53. The summed E-state index contributed by atoms with van der Waals surface area (Å²) in [4.78, 5) is 11.3. The number of Topliss-reactive ketones (excluding diaryl/α,β-unsaturated/α-hetero) is 1. The van der Waals surface area contributed by atoms with Crippen LogP contribution < -0.4 is 0 Å². The number of hydrogen-bond donors (Lipinski definition) is 0. The summed E-state index contributed by atoms with van der Waals surface area (Å²) in [6.45, 7) is 7.35. The summed E-state index contributed by atoms with van der Waals surface area (Å²) < 4.78 is 0. The van der Waals surface area contributed by atoms with Gasteiger partial charge in [0.05, 0.1) is 11.5 Å². The van der Waals surface area contributed by atoms with Gasteiger partial charge in [0.2, 0.25) is 0 Å². The molecule has 0 aromatic rings. The summed E-state index contributed by atoms with van der Waals surface area (Å²) in [6.07, 6.45) is 4.37. The number of ketones is 1.